The van der Waals surface area contributed by atoms with Crippen molar-refractivity contribution in [3.8, 4) is 0 Å². The highest BCUT2D eigenvalue weighted by atomic mass is 16.3. The number of benzene rings is 1. The molecule has 3 aromatic rings. The molecular formula is C19H25N3O3. The average molecular weight is 343 g/mol. The van der Waals surface area contributed by atoms with Gasteiger partial charge in [0.2, 0.25) is 5.58 Å². The number of nitrogens with zero attached hydrogens (tertiary/aromatic N) is 1. The maximum Gasteiger partial charge on any atom is 0.294 e. The molecule has 0 spiro atoms. The van der Waals surface area contributed by atoms with Gasteiger partial charge in [-0.25, -0.2) is 4.98 Å². The number of fused-ring (bicyclic) bond motifs is 3. The van der Waals surface area contributed by atoms with Gasteiger partial charge in [-0.05, 0) is 38.3 Å². The van der Waals surface area contributed by atoms with Gasteiger partial charge in [0.05, 0.1) is 12.6 Å². The van der Waals surface area contributed by atoms with Gasteiger partial charge in [0.15, 0.2) is 0 Å². The summed E-state index contributed by atoms with van der Waals surface area (Å²) in [5.41, 5.74) is 2.35. The maximum absolute atomic E-state index is 12.3. The first kappa shape index (κ1) is 17.6. The number of nitrogens with one attached hydrogen (secondary N) is 2. The van der Waals surface area contributed by atoms with Gasteiger partial charge in [0.1, 0.15) is 16.9 Å². The molecule has 0 bridgehead atoms. The minimum Gasteiger partial charge on any atom is -0.449 e. The van der Waals surface area contributed by atoms with Crippen molar-refractivity contribution in [2.75, 3.05) is 6.54 Å². The van der Waals surface area contributed by atoms with E-state index in [-0.39, 0.29) is 23.2 Å². The van der Waals surface area contributed by atoms with E-state index in [2.05, 4.69) is 22.2 Å². The quantitative estimate of drug-likeness (QED) is 0.613. The van der Waals surface area contributed by atoms with Crippen molar-refractivity contribution < 1.29 is 9.52 Å². The molecule has 2 atom stereocenters. The van der Waals surface area contributed by atoms with Gasteiger partial charge in [0, 0.05) is 11.9 Å². The predicted octanol–water partition coefficient (Wildman–Crippen LogP) is 2.86. The summed E-state index contributed by atoms with van der Waals surface area (Å²) < 4.78 is 5.64. The molecule has 1 unspecified atom stereocenters. The molecular weight excluding hydrogens is 318 g/mol. The smallest absolute Gasteiger partial charge is 0.294 e. The number of furan rings is 1. The minimum atomic E-state index is -0.359. The Morgan fingerprint density at radius 1 is 1.40 bits per heavy atom. The number of aliphatic hydroxyl groups excluding tert-OH is 1. The highest BCUT2D eigenvalue weighted by Crippen LogP contribution is 2.25. The molecule has 25 heavy (non-hydrogen) atoms. The van der Waals surface area contributed by atoms with E-state index in [1.807, 2.05) is 32.0 Å². The number of aromatic amines is 1. The van der Waals surface area contributed by atoms with Crippen molar-refractivity contribution in [2.45, 2.75) is 46.3 Å². The Bertz CT molecular complexity index is 927. The van der Waals surface area contributed by atoms with Gasteiger partial charge >= 0.3 is 0 Å². The van der Waals surface area contributed by atoms with E-state index in [4.69, 9.17) is 4.42 Å². The first-order valence-electron chi connectivity index (χ1n) is 8.80. The largest absolute Gasteiger partial charge is 0.449 e. The van der Waals surface area contributed by atoms with Gasteiger partial charge in [-0.1, -0.05) is 25.0 Å². The second-order valence-electron chi connectivity index (χ2n) is 6.71. The van der Waals surface area contributed by atoms with E-state index in [0.717, 1.165) is 23.8 Å². The second-order valence-corrected chi connectivity index (χ2v) is 6.71. The van der Waals surface area contributed by atoms with Crippen molar-refractivity contribution >= 4 is 22.1 Å². The van der Waals surface area contributed by atoms with Crippen molar-refractivity contribution in [3.05, 3.63) is 39.9 Å². The van der Waals surface area contributed by atoms with Crippen molar-refractivity contribution in [1.29, 1.82) is 0 Å². The number of hydrogen-bond donors (Lipinski definition) is 3. The van der Waals surface area contributed by atoms with Crippen LogP contribution in [0.5, 0.6) is 0 Å². The molecule has 0 aliphatic heterocycles. The molecule has 0 aliphatic rings. The van der Waals surface area contributed by atoms with Crippen LogP contribution >= 0.6 is 0 Å². The fourth-order valence-electron chi connectivity index (χ4n) is 3.16. The third-order valence-electron chi connectivity index (χ3n) is 4.57. The Balaban J connectivity index is 1.84. The summed E-state index contributed by atoms with van der Waals surface area (Å²) >= 11 is 0. The molecule has 0 fully saturated rings. The lowest BCUT2D eigenvalue weighted by Gasteiger charge is -2.19. The number of H-pyrrole nitrogens is 1. The van der Waals surface area contributed by atoms with Crippen LogP contribution in [0.1, 0.15) is 38.1 Å². The minimum absolute atomic E-state index is 0.192. The standard InChI is InChI=1S/C19H25N3O3/c1-4-5-13(12(3)23)9-20-10-16-21-17-14-8-11(2)6-7-15(14)25-18(17)19(24)22-16/h6-8,12-13,20,23H,4-5,9-10H2,1-3H3,(H,21,22,24)/t12-,13?/m0/s1. The highest BCUT2D eigenvalue weighted by molar-refractivity contribution is 6.02. The Morgan fingerprint density at radius 2 is 2.20 bits per heavy atom. The van der Waals surface area contributed by atoms with Crippen LogP contribution in [-0.2, 0) is 6.54 Å². The van der Waals surface area contributed by atoms with E-state index in [1.165, 1.54) is 0 Å². The molecule has 134 valence electrons. The van der Waals surface area contributed by atoms with E-state index >= 15 is 0 Å². The summed E-state index contributed by atoms with van der Waals surface area (Å²) in [6.45, 7) is 7.04. The zero-order valence-corrected chi connectivity index (χ0v) is 14.9. The number of aromatic nitrogens is 2. The van der Waals surface area contributed by atoms with E-state index < -0.39 is 0 Å². The van der Waals surface area contributed by atoms with Crippen LogP contribution < -0.4 is 10.9 Å². The molecule has 0 radical (unpaired) electrons. The molecule has 1 aromatic carbocycles. The molecule has 2 aromatic heterocycles. The predicted molar refractivity (Wildman–Crippen MR) is 98.7 cm³/mol. The monoisotopic (exact) mass is 343 g/mol. The number of hydrogen-bond acceptors (Lipinski definition) is 5. The highest BCUT2D eigenvalue weighted by Gasteiger charge is 2.15. The first-order chi connectivity index (χ1) is 12.0. The fraction of sp³-hybridized carbons (Fsp3) is 0.474. The zero-order valence-electron chi connectivity index (χ0n) is 14.9. The first-order valence-corrected chi connectivity index (χ1v) is 8.80. The van der Waals surface area contributed by atoms with Crippen LogP contribution in [0.2, 0.25) is 0 Å². The van der Waals surface area contributed by atoms with Gasteiger partial charge in [-0.15, -0.1) is 0 Å². The summed E-state index contributed by atoms with van der Waals surface area (Å²) in [5.74, 6) is 0.764. The molecule has 3 N–H and O–H groups in total. The molecule has 0 saturated carbocycles. The lowest BCUT2D eigenvalue weighted by atomic mass is 9.98. The SMILES string of the molecule is CCCC(CNCc1nc2c(oc3ccc(C)cc32)c(=O)[nH]1)[C@H](C)O. The molecule has 6 heteroatoms. The number of rotatable bonds is 7. The van der Waals surface area contributed by atoms with E-state index in [1.54, 1.807) is 0 Å². The summed E-state index contributed by atoms with van der Waals surface area (Å²) in [6.07, 6.45) is 1.63. The Morgan fingerprint density at radius 3 is 2.92 bits per heavy atom. The zero-order chi connectivity index (χ0) is 18.0. The lowest BCUT2D eigenvalue weighted by Crippen LogP contribution is -2.30. The molecule has 6 nitrogen and oxygen atoms in total. The van der Waals surface area contributed by atoms with Gasteiger partial charge in [-0.2, -0.15) is 0 Å². The Labute approximate surface area is 146 Å². The molecule has 2 heterocycles. The van der Waals surface area contributed by atoms with Crippen LogP contribution in [0.25, 0.3) is 22.1 Å². The fourth-order valence-corrected chi connectivity index (χ4v) is 3.16. The van der Waals surface area contributed by atoms with Crippen LogP contribution in [0.3, 0.4) is 0 Å². The third-order valence-corrected chi connectivity index (χ3v) is 4.57. The topological polar surface area (TPSA) is 91.2 Å². The summed E-state index contributed by atoms with van der Waals surface area (Å²) in [5, 5.41) is 14.0. The van der Waals surface area contributed by atoms with Crippen molar-refractivity contribution in [2.24, 2.45) is 5.92 Å². The maximum atomic E-state index is 12.3. The summed E-state index contributed by atoms with van der Waals surface area (Å²) in [6, 6.07) is 5.79. The molecule has 3 rings (SSSR count). The summed E-state index contributed by atoms with van der Waals surface area (Å²) in [7, 11) is 0. The Hall–Kier alpha value is -2.18. The number of aryl methyl sites for hydroxylation is 1. The van der Waals surface area contributed by atoms with Gasteiger partial charge in [0.25, 0.3) is 5.56 Å². The van der Waals surface area contributed by atoms with Crippen LogP contribution in [0.4, 0.5) is 0 Å². The van der Waals surface area contributed by atoms with E-state index in [0.29, 0.717) is 30.0 Å². The third kappa shape index (κ3) is 3.75. The molecule has 0 aliphatic carbocycles. The normalized spacial score (nSPS) is 14.2. The second kappa shape index (κ2) is 7.37. The van der Waals surface area contributed by atoms with Crippen molar-refractivity contribution in [3.63, 3.8) is 0 Å². The number of aliphatic hydroxyl groups is 1. The van der Waals surface area contributed by atoms with Crippen LogP contribution in [-0.4, -0.2) is 27.7 Å². The lowest BCUT2D eigenvalue weighted by molar-refractivity contribution is 0.118. The Kier molecular flexibility index (Phi) is 5.20. The average Bonchev–Trinajstić information content (AvgIpc) is 2.92. The van der Waals surface area contributed by atoms with Crippen LogP contribution in [0, 0.1) is 12.8 Å². The van der Waals surface area contributed by atoms with Crippen molar-refractivity contribution in [1.82, 2.24) is 15.3 Å². The summed E-state index contributed by atoms with van der Waals surface area (Å²) in [4.78, 5) is 19.7. The van der Waals surface area contributed by atoms with E-state index in [9.17, 15) is 9.90 Å². The van der Waals surface area contributed by atoms with Crippen LogP contribution in [0.15, 0.2) is 27.4 Å². The molecule has 0 amide bonds. The van der Waals surface area contributed by atoms with Gasteiger partial charge in [-0.3, -0.25) is 4.79 Å². The molecule has 0 saturated heterocycles. The van der Waals surface area contributed by atoms with Gasteiger partial charge < -0.3 is 19.8 Å².